The molecular formula is C23H28N2O3. The number of Topliss-reactive ketones (excluding diaryl/α,β-unsaturated/α-hetero) is 1. The first-order chi connectivity index (χ1) is 13.6. The van der Waals surface area contributed by atoms with Gasteiger partial charge in [0.25, 0.3) is 5.91 Å². The van der Waals surface area contributed by atoms with Crippen LogP contribution in [-0.2, 0) is 11.2 Å². The number of nitrogens with zero attached hydrogens (tertiary/aromatic N) is 1. The Hall–Kier alpha value is -2.66. The van der Waals surface area contributed by atoms with Gasteiger partial charge in [-0.25, -0.2) is 0 Å². The summed E-state index contributed by atoms with van der Waals surface area (Å²) in [7, 11) is 0. The topological polar surface area (TPSA) is 58.6 Å². The van der Waals surface area contributed by atoms with Gasteiger partial charge in [-0.15, -0.1) is 0 Å². The normalized spacial score (nSPS) is 17.1. The molecule has 0 aromatic heterocycles. The van der Waals surface area contributed by atoms with Crippen LogP contribution in [0.4, 0.5) is 0 Å². The molecule has 2 aromatic carbocycles. The number of hydrogen-bond acceptors (Lipinski definition) is 4. The summed E-state index contributed by atoms with van der Waals surface area (Å²) in [5, 5.41) is 3.09. The highest BCUT2D eigenvalue weighted by Crippen LogP contribution is 2.14. The van der Waals surface area contributed by atoms with E-state index in [9.17, 15) is 9.59 Å². The van der Waals surface area contributed by atoms with Crippen LogP contribution in [-0.4, -0.2) is 48.9 Å². The van der Waals surface area contributed by atoms with E-state index >= 15 is 0 Å². The summed E-state index contributed by atoms with van der Waals surface area (Å²) in [5.74, 6) is 0.497. The monoisotopic (exact) mass is 380 g/mol. The number of rotatable bonds is 8. The number of benzene rings is 2. The summed E-state index contributed by atoms with van der Waals surface area (Å²) in [6.45, 7) is 4.48. The van der Waals surface area contributed by atoms with Crippen LogP contribution in [0.15, 0.2) is 54.6 Å². The Bertz CT molecular complexity index is 774. The number of amides is 1. The molecule has 1 heterocycles. The predicted molar refractivity (Wildman–Crippen MR) is 110 cm³/mol. The number of piperidine rings is 1. The fourth-order valence-electron chi connectivity index (χ4n) is 3.51. The van der Waals surface area contributed by atoms with E-state index in [2.05, 4.69) is 34.5 Å². The average Bonchev–Trinajstić information content (AvgIpc) is 2.72. The highest BCUT2D eigenvalue weighted by atomic mass is 16.5. The fraction of sp³-hybridized carbons (Fsp3) is 0.391. The number of ketones is 1. The lowest BCUT2D eigenvalue weighted by atomic mass is 10.0. The second-order valence-electron chi connectivity index (χ2n) is 7.31. The molecule has 1 unspecified atom stereocenters. The van der Waals surface area contributed by atoms with Crippen LogP contribution in [0.5, 0.6) is 5.75 Å². The smallest absolute Gasteiger partial charge is 0.258 e. The lowest BCUT2D eigenvalue weighted by molar-refractivity contribution is -0.124. The molecular weight excluding hydrogens is 352 g/mol. The average molecular weight is 380 g/mol. The third-order valence-corrected chi connectivity index (χ3v) is 5.06. The minimum Gasteiger partial charge on any atom is -0.484 e. The van der Waals surface area contributed by atoms with E-state index in [4.69, 9.17) is 4.74 Å². The van der Waals surface area contributed by atoms with Gasteiger partial charge < -0.3 is 15.0 Å². The van der Waals surface area contributed by atoms with Crippen LogP contribution in [0.2, 0.25) is 0 Å². The summed E-state index contributed by atoms with van der Waals surface area (Å²) in [6.07, 6.45) is 3.12. The Morgan fingerprint density at radius 1 is 1.11 bits per heavy atom. The first-order valence-corrected chi connectivity index (χ1v) is 9.89. The Balaban J connectivity index is 1.40. The summed E-state index contributed by atoms with van der Waals surface area (Å²) >= 11 is 0. The van der Waals surface area contributed by atoms with Crippen molar-refractivity contribution >= 4 is 11.7 Å². The minimum atomic E-state index is -0.106. The zero-order valence-electron chi connectivity index (χ0n) is 16.4. The molecule has 0 aliphatic carbocycles. The maximum absolute atomic E-state index is 12.2. The molecule has 1 saturated heterocycles. The SMILES string of the molecule is CC(=O)c1ccc(OCC(=O)NC2CCCN(CCc3ccccc3)C2)cc1. The van der Waals surface area contributed by atoms with Gasteiger partial charge in [-0.1, -0.05) is 30.3 Å². The molecule has 1 aliphatic heterocycles. The van der Waals surface area contributed by atoms with Crippen molar-refractivity contribution < 1.29 is 14.3 Å². The lowest BCUT2D eigenvalue weighted by Gasteiger charge is -2.33. The first kappa shape index (κ1) is 20.1. The molecule has 3 rings (SSSR count). The molecule has 2 aromatic rings. The molecule has 5 nitrogen and oxygen atoms in total. The van der Waals surface area contributed by atoms with Gasteiger partial charge in [0.1, 0.15) is 5.75 Å². The Kier molecular flexibility index (Phi) is 7.20. The minimum absolute atomic E-state index is 0.0124. The van der Waals surface area contributed by atoms with E-state index < -0.39 is 0 Å². The highest BCUT2D eigenvalue weighted by Gasteiger charge is 2.21. The first-order valence-electron chi connectivity index (χ1n) is 9.89. The summed E-state index contributed by atoms with van der Waals surface area (Å²) in [4.78, 5) is 25.9. The van der Waals surface area contributed by atoms with E-state index in [1.807, 2.05) is 6.07 Å². The molecule has 0 bridgehead atoms. The lowest BCUT2D eigenvalue weighted by Crippen LogP contribution is -2.49. The number of carbonyl (C=O) groups is 2. The van der Waals surface area contributed by atoms with Gasteiger partial charge in [0.2, 0.25) is 0 Å². The standard InChI is InChI=1S/C23H28N2O3/c1-18(26)20-9-11-22(12-10-20)28-17-23(27)24-21-8-5-14-25(16-21)15-13-19-6-3-2-4-7-19/h2-4,6-7,9-12,21H,5,8,13-17H2,1H3,(H,24,27). The van der Waals surface area contributed by atoms with Crippen LogP contribution in [0, 0.1) is 0 Å². The van der Waals surface area contributed by atoms with E-state index in [-0.39, 0.29) is 24.3 Å². The van der Waals surface area contributed by atoms with Gasteiger partial charge in [0.05, 0.1) is 0 Å². The summed E-state index contributed by atoms with van der Waals surface area (Å²) in [5.41, 5.74) is 1.98. The van der Waals surface area contributed by atoms with E-state index in [1.54, 1.807) is 24.3 Å². The maximum atomic E-state index is 12.2. The van der Waals surface area contributed by atoms with Gasteiger partial charge in [0, 0.05) is 24.7 Å². The molecule has 0 spiro atoms. The third-order valence-electron chi connectivity index (χ3n) is 5.06. The van der Waals surface area contributed by atoms with Crippen molar-refractivity contribution in [2.45, 2.75) is 32.2 Å². The molecule has 28 heavy (non-hydrogen) atoms. The van der Waals surface area contributed by atoms with E-state index in [1.165, 1.54) is 12.5 Å². The van der Waals surface area contributed by atoms with Gasteiger partial charge in [0.15, 0.2) is 12.4 Å². The molecule has 0 saturated carbocycles. The van der Waals surface area contributed by atoms with Crippen LogP contribution < -0.4 is 10.1 Å². The Morgan fingerprint density at radius 3 is 2.57 bits per heavy atom. The zero-order chi connectivity index (χ0) is 19.8. The largest absolute Gasteiger partial charge is 0.484 e. The molecule has 5 heteroatoms. The predicted octanol–water partition coefficient (Wildman–Crippen LogP) is 3.09. The van der Waals surface area contributed by atoms with Crippen molar-refractivity contribution in [2.24, 2.45) is 0 Å². The van der Waals surface area contributed by atoms with Crippen molar-refractivity contribution in [1.82, 2.24) is 10.2 Å². The molecule has 1 aliphatic rings. The molecule has 1 atom stereocenters. The fourth-order valence-corrected chi connectivity index (χ4v) is 3.51. The molecule has 1 fully saturated rings. The second-order valence-corrected chi connectivity index (χ2v) is 7.31. The number of ether oxygens (including phenoxy) is 1. The van der Waals surface area contributed by atoms with Gasteiger partial charge in [-0.05, 0) is 62.6 Å². The second kappa shape index (κ2) is 10.0. The number of likely N-dealkylation sites (tertiary alicyclic amines) is 1. The van der Waals surface area contributed by atoms with Gasteiger partial charge in [-0.3, -0.25) is 9.59 Å². The van der Waals surface area contributed by atoms with Crippen LogP contribution >= 0.6 is 0 Å². The van der Waals surface area contributed by atoms with Crippen LogP contribution in [0.25, 0.3) is 0 Å². The summed E-state index contributed by atoms with van der Waals surface area (Å²) in [6, 6.07) is 17.5. The quantitative estimate of drug-likeness (QED) is 0.715. The van der Waals surface area contributed by atoms with E-state index in [0.29, 0.717) is 11.3 Å². The number of carbonyl (C=O) groups excluding carboxylic acids is 2. The Morgan fingerprint density at radius 2 is 1.86 bits per heavy atom. The van der Waals surface area contributed by atoms with Crippen molar-refractivity contribution in [3.8, 4) is 5.75 Å². The molecule has 0 radical (unpaired) electrons. The van der Waals surface area contributed by atoms with Crippen LogP contribution in [0.1, 0.15) is 35.7 Å². The highest BCUT2D eigenvalue weighted by molar-refractivity contribution is 5.94. The van der Waals surface area contributed by atoms with Crippen molar-refractivity contribution in [3.05, 3.63) is 65.7 Å². The Labute approximate surface area is 166 Å². The van der Waals surface area contributed by atoms with Crippen LogP contribution in [0.3, 0.4) is 0 Å². The summed E-state index contributed by atoms with van der Waals surface area (Å²) < 4.78 is 5.54. The van der Waals surface area contributed by atoms with Crippen molar-refractivity contribution in [2.75, 3.05) is 26.2 Å². The molecule has 1 amide bonds. The molecule has 148 valence electrons. The van der Waals surface area contributed by atoms with Crippen molar-refractivity contribution in [3.63, 3.8) is 0 Å². The zero-order valence-corrected chi connectivity index (χ0v) is 16.4. The molecule has 1 N–H and O–H groups in total. The van der Waals surface area contributed by atoms with E-state index in [0.717, 1.165) is 38.9 Å². The van der Waals surface area contributed by atoms with Gasteiger partial charge >= 0.3 is 0 Å². The third kappa shape index (κ3) is 6.20. The number of hydrogen-bond donors (Lipinski definition) is 1. The number of nitrogens with one attached hydrogen (secondary N) is 1. The van der Waals surface area contributed by atoms with Gasteiger partial charge in [-0.2, -0.15) is 0 Å². The maximum Gasteiger partial charge on any atom is 0.258 e. The van der Waals surface area contributed by atoms with Crippen molar-refractivity contribution in [1.29, 1.82) is 0 Å².